The number of aromatic nitrogens is 1. The first kappa shape index (κ1) is 17.7. The fraction of sp³-hybridized carbons (Fsp3) is 0.211. The van der Waals surface area contributed by atoms with Crippen LogP contribution in [0.15, 0.2) is 58.0 Å². The molecule has 2 N–H and O–H groups in total. The van der Waals surface area contributed by atoms with Gasteiger partial charge < -0.3 is 9.32 Å². The molecule has 2 aromatic carbocycles. The topological polar surface area (TPSA) is 89.4 Å². The standard InChI is InChI=1S/C19H18FN3O3S/c1-12-8-14-9-17(27(21,24)25)6-7-18(14)23(12)10-16-11-26-19(22-16)13-2-4-15(20)5-3-13/h2-7,9,11-12H,8,10H2,1H3,(H2,21,24,25)/t12-/m0/s1. The van der Waals surface area contributed by atoms with Crippen molar-refractivity contribution in [2.75, 3.05) is 4.90 Å². The van der Waals surface area contributed by atoms with Gasteiger partial charge in [0.15, 0.2) is 0 Å². The normalized spacial score (nSPS) is 16.6. The van der Waals surface area contributed by atoms with Crippen LogP contribution in [0.4, 0.5) is 10.1 Å². The van der Waals surface area contributed by atoms with Gasteiger partial charge >= 0.3 is 0 Å². The molecule has 0 saturated carbocycles. The molecule has 6 nitrogen and oxygen atoms in total. The van der Waals surface area contributed by atoms with Crippen LogP contribution in [0, 0.1) is 5.82 Å². The van der Waals surface area contributed by atoms with Crippen molar-refractivity contribution in [2.45, 2.75) is 30.8 Å². The molecule has 1 aliphatic rings. The predicted molar refractivity (Wildman–Crippen MR) is 99.1 cm³/mol. The number of oxazole rings is 1. The Morgan fingerprint density at radius 1 is 1.26 bits per heavy atom. The molecule has 1 aromatic heterocycles. The van der Waals surface area contributed by atoms with Gasteiger partial charge in [-0.2, -0.15) is 0 Å². The van der Waals surface area contributed by atoms with Crippen LogP contribution < -0.4 is 10.0 Å². The summed E-state index contributed by atoms with van der Waals surface area (Å²) < 4.78 is 41.7. The molecular formula is C19H18FN3O3S. The molecule has 0 fully saturated rings. The van der Waals surface area contributed by atoms with E-state index in [0.717, 1.165) is 23.4 Å². The average molecular weight is 387 g/mol. The number of fused-ring (bicyclic) bond motifs is 1. The molecule has 8 heteroatoms. The highest BCUT2D eigenvalue weighted by molar-refractivity contribution is 7.89. The highest BCUT2D eigenvalue weighted by atomic mass is 32.2. The van der Waals surface area contributed by atoms with Crippen molar-refractivity contribution in [1.82, 2.24) is 4.98 Å². The van der Waals surface area contributed by atoms with Crippen molar-refractivity contribution in [3.63, 3.8) is 0 Å². The minimum Gasteiger partial charge on any atom is -0.444 e. The molecule has 1 aliphatic heterocycles. The second-order valence-electron chi connectivity index (χ2n) is 6.67. The number of primary sulfonamides is 1. The molecule has 0 spiro atoms. The van der Waals surface area contributed by atoms with Crippen molar-refractivity contribution in [2.24, 2.45) is 5.14 Å². The molecule has 4 rings (SSSR count). The Kier molecular flexibility index (Phi) is 4.24. The van der Waals surface area contributed by atoms with Crippen LogP contribution in [-0.2, 0) is 23.0 Å². The van der Waals surface area contributed by atoms with Gasteiger partial charge in [0.05, 0.1) is 17.1 Å². The maximum absolute atomic E-state index is 13.1. The summed E-state index contributed by atoms with van der Waals surface area (Å²) in [7, 11) is -3.72. The number of rotatable bonds is 4. The Labute approximate surface area is 156 Å². The van der Waals surface area contributed by atoms with Crippen LogP contribution >= 0.6 is 0 Å². The zero-order chi connectivity index (χ0) is 19.2. The molecule has 0 unspecified atom stereocenters. The number of nitrogens with zero attached hydrogens (tertiary/aromatic N) is 2. The van der Waals surface area contributed by atoms with E-state index in [4.69, 9.17) is 9.56 Å². The number of benzene rings is 2. The third-order valence-corrected chi connectivity index (χ3v) is 5.62. The van der Waals surface area contributed by atoms with E-state index in [-0.39, 0.29) is 16.8 Å². The number of hydrogen-bond acceptors (Lipinski definition) is 5. The van der Waals surface area contributed by atoms with Crippen molar-refractivity contribution in [3.8, 4) is 11.5 Å². The van der Waals surface area contributed by atoms with Crippen LogP contribution in [-0.4, -0.2) is 19.4 Å². The maximum atomic E-state index is 13.1. The van der Waals surface area contributed by atoms with E-state index in [9.17, 15) is 12.8 Å². The Bertz CT molecular complexity index is 1090. The van der Waals surface area contributed by atoms with Gasteiger partial charge in [-0.3, -0.25) is 0 Å². The van der Waals surface area contributed by atoms with Crippen molar-refractivity contribution >= 4 is 15.7 Å². The van der Waals surface area contributed by atoms with Gasteiger partial charge in [-0.25, -0.2) is 22.9 Å². The summed E-state index contributed by atoms with van der Waals surface area (Å²) in [5, 5.41) is 5.22. The van der Waals surface area contributed by atoms with Crippen molar-refractivity contribution in [1.29, 1.82) is 0 Å². The number of nitrogens with two attached hydrogens (primary N) is 1. The lowest BCUT2D eigenvalue weighted by molar-refractivity contribution is 0.570. The van der Waals surface area contributed by atoms with Crippen molar-refractivity contribution in [3.05, 3.63) is 65.8 Å². The zero-order valence-electron chi connectivity index (χ0n) is 14.6. The summed E-state index contributed by atoms with van der Waals surface area (Å²) >= 11 is 0. The van der Waals surface area contributed by atoms with Crippen LogP contribution in [0.1, 0.15) is 18.2 Å². The molecule has 0 aliphatic carbocycles. The molecule has 0 radical (unpaired) electrons. The van der Waals surface area contributed by atoms with Gasteiger partial charge in [-0.1, -0.05) is 0 Å². The Morgan fingerprint density at radius 3 is 2.70 bits per heavy atom. The fourth-order valence-electron chi connectivity index (χ4n) is 3.37. The molecule has 0 saturated heterocycles. The number of anilines is 1. The lowest BCUT2D eigenvalue weighted by atomic mass is 10.1. The average Bonchev–Trinajstić information content (AvgIpc) is 3.20. The third-order valence-electron chi connectivity index (χ3n) is 4.71. The Hall–Kier alpha value is -2.71. The maximum Gasteiger partial charge on any atom is 0.238 e. The number of halogens is 1. The number of hydrogen-bond donors (Lipinski definition) is 1. The highest BCUT2D eigenvalue weighted by Gasteiger charge is 2.28. The van der Waals surface area contributed by atoms with Gasteiger partial charge in [0.25, 0.3) is 0 Å². The summed E-state index contributed by atoms with van der Waals surface area (Å²) in [6.45, 7) is 2.59. The smallest absolute Gasteiger partial charge is 0.238 e. The second-order valence-corrected chi connectivity index (χ2v) is 8.23. The van der Waals surface area contributed by atoms with E-state index in [2.05, 4.69) is 16.8 Å². The van der Waals surface area contributed by atoms with Gasteiger partial charge in [-0.05, 0) is 61.4 Å². The quantitative estimate of drug-likeness (QED) is 0.743. The van der Waals surface area contributed by atoms with Crippen LogP contribution in [0.5, 0.6) is 0 Å². The monoisotopic (exact) mass is 387 g/mol. The highest BCUT2D eigenvalue weighted by Crippen LogP contribution is 2.35. The molecule has 27 heavy (non-hydrogen) atoms. The van der Waals surface area contributed by atoms with Gasteiger partial charge in [0.2, 0.25) is 15.9 Å². The number of sulfonamides is 1. The SMILES string of the molecule is C[C@H]1Cc2cc(S(N)(=O)=O)ccc2N1Cc1coc(-c2ccc(F)cc2)n1. The van der Waals surface area contributed by atoms with Gasteiger partial charge in [-0.15, -0.1) is 0 Å². The lowest BCUT2D eigenvalue weighted by Gasteiger charge is -2.23. The summed E-state index contributed by atoms with van der Waals surface area (Å²) in [5.74, 6) is 0.119. The van der Waals surface area contributed by atoms with Gasteiger partial charge in [0.1, 0.15) is 12.1 Å². The molecule has 3 aromatic rings. The first-order valence-corrected chi connectivity index (χ1v) is 9.98. The molecular weight excluding hydrogens is 369 g/mol. The Balaban J connectivity index is 1.58. The van der Waals surface area contributed by atoms with E-state index in [1.807, 2.05) is 0 Å². The van der Waals surface area contributed by atoms with E-state index >= 15 is 0 Å². The summed E-state index contributed by atoms with van der Waals surface area (Å²) in [4.78, 5) is 6.76. The molecule has 1 atom stereocenters. The second kappa shape index (κ2) is 6.47. The largest absolute Gasteiger partial charge is 0.444 e. The first-order valence-electron chi connectivity index (χ1n) is 8.44. The third kappa shape index (κ3) is 3.45. The van der Waals surface area contributed by atoms with Crippen molar-refractivity contribution < 1.29 is 17.2 Å². The predicted octanol–water partition coefficient (Wildman–Crippen LogP) is 3.08. The van der Waals surface area contributed by atoms with Gasteiger partial charge in [0, 0.05) is 17.3 Å². The Morgan fingerprint density at radius 2 is 2.00 bits per heavy atom. The molecule has 140 valence electrons. The van der Waals surface area contributed by atoms with Crippen LogP contribution in [0.2, 0.25) is 0 Å². The van der Waals surface area contributed by atoms with E-state index in [0.29, 0.717) is 18.0 Å². The molecule has 0 bridgehead atoms. The summed E-state index contributed by atoms with van der Waals surface area (Å²) in [6.07, 6.45) is 2.31. The molecule has 0 amide bonds. The van der Waals surface area contributed by atoms with Crippen LogP contribution in [0.3, 0.4) is 0 Å². The van der Waals surface area contributed by atoms with Crippen LogP contribution in [0.25, 0.3) is 11.5 Å². The zero-order valence-corrected chi connectivity index (χ0v) is 15.4. The van der Waals surface area contributed by atoms with E-state index in [1.54, 1.807) is 30.5 Å². The summed E-state index contributed by atoms with van der Waals surface area (Å²) in [5.41, 5.74) is 3.34. The summed E-state index contributed by atoms with van der Waals surface area (Å²) in [6, 6.07) is 11.1. The molecule has 2 heterocycles. The first-order chi connectivity index (χ1) is 12.8. The van der Waals surface area contributed by atoms with E-state index in [1.165, 1.54) is 18.2 Å². The minimum atomic E-state index is -3.72. The lowest BCUT2D eigenvalue weighted by Crippen LogP contribution is -2.28. The van der Waals surface area contributed by atoms with E-state index < -0.39 is 10.0 Å². The fourth-order valence-corrected chi connectivity index (χ4v) is 3.93. The minimum absolute atomic E-state index is 0.121.